The van der Waals surface area contributed by atoms with E-state index < -0.39 is 5.41 Å². The van der Waals surface area contributed by atoms with Crippen molar-refractivity contribution in [1.82, 2.24) is 5.32 Å². The number of esters is 2. The quantitative estimate of drug-likeness (QED) is 0.158. The van der Waals surface area contributed by atoms with E-state index in [-0.39, 0.29) is 53.9 Å². The lowest BCUT2D eigenvalue weighted by atomic mass is 9.44. The molecule has 0 radical (unpaired) electrons. The number of allylic oxidation sites excluding steroid dienone is 5. The van der Waals surface area contributed by atoms with Crippen LogP contribution in [0.5, 0.6) is 5.75 Å². The van der Waals surface area contributed by atoms with Crippen LogP contribution in [0.1, 0.15) is 94.7 Å². The van der Waals surface area contributed by atoms with Gasteiger partial charge >= 0.3 is 11.9 Å². The lowest BCUT2D eigenvalue weighted by Crippen LogP contribution is -2.52. The van der Waals surface area contributed by atoms with E-state index in [0.29, 0.717) is 48.0 Å². The first-order chi connectivity index (χ1) is 27.8. The van der Waals surface area contributed by atoms with Crippen molar-refractivity contribution in [2.45, 2.75) is 97.1 Å². The third-order valence-electron chi connectivity index (χ3n) is 14.1. The van der Waals surface area contributed by atoms with Gasteiger partial charge in [-0.15, -0.1) is 0 Å². The molecule has 1 saturated heterocycles. The predicted molar refractivity (Wildman–Crippen MR) is 221 cm³/mol. The Labute approximate surface area is 336 Å². The maximum Gasteiger partial charge on any atom is 0.340 e. The molecule has 7 nitrogen and oxygen atoms in total. The lowest BCUT2D eigenvalue weighted by molar-refractivity contribution is -0.135. The zero-order valence-corrected chi connectivity index (χ0v) is 33.3. The van der Waals surface area contributed by atoms with Crippen molar-refractivity contribution in [3.8, 4) is 16.9 Å². The molecule has 2 aliphatic heterocycles. The highest BCUT2D eigenvalue weighted by molar-refractivity contribution is 6.07. The number of carbonyl (C=O) groups excluding carboxylic acids is 2. The third kappa shape index (κ3) is 6.71. The van der Waals surface area contributed by atoms with E-state index in [4.69, 9.17) is 9.47 Å². The topological polar surface area (TPSA) is 105 Å². The van der Waals surface area contributed by atoms with Gasteiger partial charge in [0.1, 0.15) is 17.3 Å². The number of fused-ring (bicyclic) bond motifs is 1. The van der Waals surface area contributed by atoms with Crippen LogP contribution in [-0.4, -0.2) is 34.8 Å². The van der Waals surface area contributed by atoms with Crippen molar-refractivity contribution in [3.05, 3.63) is 130 Å². The van der Waals surface area contributed by atoms with Crippen LogP contribution in [-0.2, 0) is 32.0 Å². The molecular weight excluding hydrogens is 711 g/mol. The Morgan fingerprint density at radius 2 is 1.70 bits per heavy atom. The number of nitrogens with one attached hydrogen (secondary N) is 1. The number of hydrogen-bond acceptors (Lipinski definition) is 7. The first-order valence-electron chi connectivity index (χ1n) is 21.4. The van der Waals surface area contributed by atoms with Crippen molar-refractivity contribution < 1.29 is 29.3 Å². The Morgan fingerprint density at radius 3 is 2.49 bits per heavy atom. The molecule has 2 saturated carbocycles. The molecule has 3 aromatic rings. The lowest BCUT2D eigenvalue weighted by Gasteiger charge is -2.56. The molecule has 10 rings (SSSR count). The molecule has 3 fully saturated rings. The highest BCUT2D eigenvalue weighted by atomic mass is 16.5. The van der Waals surface area contributed by atoms with Gasteiger partial charge in [0, 0.05) is 36.3 Å². The number of aromatic hydroxyl groups is 1. The van der Waals surface area contributed by atoms with Gasteiger partial charge in [0.2, 0.25) is 0 Å². The first-order valence-corrected chi connectivity index (χ1v) is 21.4. The second kappa shape index (κ2) is 15.6. The van der Waals surface area contributed by atoms with Gasteiger partial charge in [0.05, 0.1) is 11.0 Å². The SMILES string of the molecule is CCC(C=C1OC(=O)C2=C(c3cc(O)ccc3-c3cccc(CNC4CCCC4)c3)C3CCC12C1C2=C(CCC31)C(=CCC(C)CO)OC2=O)Cc1ccccc1. The fourth-order valence-electron chi connectivity index (χ4n) is 11.3. The van der Waals surface area contributed by atoms with E-state index in [1.807, 2.05) is 31.2 Å². The van der Waals surface area contributed by atoms with Gasteiger partial charge in [-0.1, -0.05) is 81.3 Å². The maximum atomic E-state index is 14.8. The van der Waals surface area contributed by atoms with Crippen LogP contribution in [0.3, 0.4) is 0 Å². The summed E-state index contributed by atoms with van der Waals surface area (Å²) in [6.45, 7) is 5.01. The van der Waals surface area contributed by atoms with E-state index in [9.17, 15) is 19.8 Å². The number of phenols is 1. The minimum atomic E-state index is -0.848. The smallest absolute Gasteiger partial charge is 0.340 e. The van der Waals surface area contributed by atoms with Gasteiger partial charge in [-0.05, 0) is 145 Å². The predicted octanol–water partition coefficient (Wildman–Crippen LogP) is 9.75. The Hall–Kier alpha value is -4.72. The number of cyclic esters (lactones) is 2. The Bertz CT molecular complexity index is 2190. The van der Waals surface area contributed by atoms with Crippen molar-refractivity contribution in [2.24, 2.45) is 35.0 Å². The number of aliphatic hydroxyl groups excluding tert-OH is 1. The van der Waals surface area contributed by atoms with Crippen LogP contribution in [0.25, 0.3) is 16.7 Å². The standard InChI is InChI=1S/C50H55NO6/c1-3-31(24-32-10-5-4-6-11-32)26-43-50-23-22-38(39-19-20-40-42(21-16-30(2)29-52)56-48(54)45(40)46(39)50)44(47(50)49(55)57-43)41-27-36(53)17-18-37(41)34-13-9-12-33(25-34)28-51-35-14-7-8-15-35/h4-6,9-13,17-18,21,25-27,30-31,35,38-39,46,51-53H,3,7-8,14-16,19-20,22-24,28-29H2,1-2H3. The maximum absolute atomic E-state index is 14.8. The minimum absolute atomic E-state index is 0.0119. The number of ether oxygens (including phenoxy) is 2. The van der Waals surface area contributed by atoms with Crippen LogP contribution < -0.4 is 5.32 Å². The molecule has 0 amide bonds. The van der Waals surface area contributed by atoms with E-state index in [1.165, 1.54) is 36.8 Å². The molecule has 7 aliphatic rings. The molecule has 3 N–H and O–H groups in total. The first kappa shape index (κ1) is 37.8. The molecule has 57 heavy (non-hydrogen) atoms. The Morgan fingerprint density at radius 1 is 0.895 bits per heavy atom. The van der Waals surface area contributed by atoms with E-state index in [1.54, 1.807) is 6.07 Å². The summed E-state index contributed by atoms with van der Waals surface area (Å²) in [5.41, 5.74) is 7.76. The number of carbonyl (C=O) groups is 2. The Balaban J connectivity index is 1.20. The zero-order valence-electron chi connectivity index (χ0n) is 33.3. The number of rotatable bonds is 12. The summed E-state index contributed by atoms with van der Waals surface area (Å²) in [4.78, 5) is 29.0. The molecule has 6 unspecified atom stereocenters. The summed E-state index contributed by atoms with van der Waals surface area (Å²) in [5.74, 6) is 0.730. The number of phenolic OH excluding ortho intramolecular Hbond substituents is 1. The molecule has 0 aromatic heterocycles. The van der Waals surface area contributed by atoms with Crippen LogP contribution in [0.4, 0.5) is 0 Å². The second-order valence-corrected chi connectivity index (χ2v) is 17.5. The van der Waals surface area contributed by atoms with Gasteiger partial charge in [-0.3, -0.25) is 0 Å². The summed E-state index contributed by atoms with van der Waals surface area (Å²) >= 11 is 0. The van der Waals surface area contributed by atoms with Crippen molar-refractivity contribution in [2.75, 3.05) is 6.61 Å². The van der Waals surface area contributed by atoms with Crippen LogP contribution in [0.2, 0.25) is 0 Å². The summed E-state index contributed by atoms with van der Waals surface area (Å²) in [5, 5.41) is 24.7. The van der Waals surface area contributed by atoms with Crippen molar-refractivity contribution in [3.63, 3.8) is 0 Å². The van der Waals surface area contributed by atoms with Crippen LogP contribution in [0.15, 0.2) is 113 Å². The fraction of sp³-hybridized carbons (Fsp3) is 0.440. The summed E-state index contributed by atoms with van der Waals surface area (Å²) in [7, 11) is 0. The molecule has 2 heterocycles. The van der Waals surface area contributed by atoms with Crippen molar-refractivity contribution >= 4 is 17.5 Å². The van der Waals surface area contributed by atoms with Crippen molar-refractivity contribution in [1.29, 1.82) is 0 Å². The molecule has 2 bridgehead atoms. The third-order valence-corrected chi connectivity index (χ3v) is 14.1. The van der Waals surface area contributed by atoms with Gasteiger partial charge in [0.25, 0.3) is 0 Å². The van der Waals surface area contributed by atoms with Gasteiger partial charge in [-0.25, -0.2) is 9.59 Å². The minimum Gasteiger partial charge on any atom is -0.508 e. The number of hydrogen-bond donors (Lipinski definition) is 3. The monoisotopic (exact) mass is 765 g/mol. The zero-order chi connectivity index (χ0) is 39.3. The van der Waals surface area contributed by atoms with Gasteiger partial charge in [-0.2, -0.15) is 0 Å². The highest BCUT2D eigenvalue weighted by Crippen LogP contribution is 2.72. The Kier molecular flexibility index (Phi) is 10.3. The van der Waals surface area contributed by atoms with Gasteiger partial charge < -0.3 is 25.0 Å². The molecular formula is C50H55NO6. The molecule has 3 aromatic carbocycles. The highest BCUT2D eigenvalue weighted by Gasteiger charge is 2.68. The van der Waals surface area contributed by atoms with Crippen LogP contribution >= 0.6 is 0 Å². The molecule has 6 atom stereocenters. The fourth-order valence-corrected chi connectivity index (χ4v) is 11.3. The summed E-state index contributed by atoms with van der Waals surface area (Å²) in [6.07, 6.45) is 14.6. The average Bonchev–Trinajstić information content (AvgIpc) is 3.95. The van der Waals surface area contributed by atoms with Gasteiger partial charge in [0.15, 0.2) is 0 Å². The van der Waals surface area contributed by atoms with Crippen LogP contribution in [0, 0.1) is 35.0 Å². The largest absolute Gasteiger partial charge is 0.508 e. The number of aliphatic hydroxyl groups is 1. The van der Waals surface area contributed by atoms with E-state index >= 15 is 0 Å². The van der Waals surface area contributed by atoms with E-state index in [0.717, 1.165) is 60.1 Å². The molecule has 7 heteroatoms. The number of benzene rings is 3. The second-order valence-electron chi connectivity index (χ2n) is 17.5. The van der Waals surface area contributed by atoms with E-state index in [2.05, 4.69) is 66.8 Å². The molecule has 1 spiro atoms. The summed E-state index contributed by atoms with van der Waals surface area (Å²) < 4.78 is 12.6. The average molecular weight is 766 g/mol. The molecule has 5 aliphatic carbocycles. The normalized spacial score (nSPS) is 27.8. The molecule has 296 valence electrons. The summed E-state index contributed by atoms with van der Waals surface area (Å²) in [6, 6.07) is 25.2.